The Balaban J connectivity index is 1.17. The van der Waals surface area contributed by atoms with Crippen molar-refractivity contribution in [2.24, 2.45) is 13.0 Å². The number of benzene rings is 3. The van der Waals surface area contributed by atoms with Crippen molar-refractivity contribution >= 4 is 33.5 Å². The number of nitrogens with one attached hydrogen (secondary N) is 3. The maximum atomic E-state index is 15.4. The number of rotatable bonds is 13. The minimum Gasteiger partial charge on any atom is -0.464 e. The second kappa shape index (κ2) is 15.5. The summed E-state index contributed by atoms with van der Waals surface area (Å²) in [6, 6.07) is 13.1. The van der Waals surface area contributed by atoms with Gasteiger partial charge < -0.3 is 20.1 Å². The number of nitrogens with zero attached hydrogens (tertiary/aromatic N) is 2. The molecule has 0 unspecified atom stereocenters. The highest BCUT2D eigenvalue weighted by Gasteiger charge is 2.29. The molecule has 1 saturated heterocycles. The summed E-state index contributed by atoms with van der Waals surface area (Å²) < 4.78 is 72.7. The van der Waals surface area contributed by atoms with Crippen LogP contribution in [0.4, 0.5) is 14.5 Å². The highest BCUT2D eigenvalue weighted by molar-refractivity contribution is 7.92. The number of ether oxygens (including phenoxy) is 2. The topological polar surface area (TPSA) is 167 Å². The number of hydrogen-bond donors (Lipinski definition) is 3. The van der Waals surface area contributed by atoms with E-state index in [1.165, 1.54) is 35.0 Å². The summed E-state index contributed by atoms with van der Waals surface area (Å²) in [5.41, 5.74) is -0.409. The number of amides is 2. The minimum absolute atomic E-state index is 0.0490. The van der Waals surface area contributed by atoms with Gasteiger partial charge >= 0.3 is 5.97 Å². The van der Waals surface area contributed by atoms with Crippen molar-refractivity contribution in [1.29, 1.82) is 0 Å². The fourth-order valence-corrected chi connectivity index (χ4v) is 6.81. The lowest BCUT2D eigenvalue weighted by atomic mass is 10.0. The molecule has 4 aromatic rings. The van der Waals surface area contributed by atoms with Crippen molar-refractivity contribution in [3.05, 3.63) is 112 Å². The van der Waals surface area contributed by atoms with Crippen LogP contribution < -0.4 is 20.9 Å². The van der Waals surface area contributed by atoms with Crippen LogP contribution in [0.1, 0.15) is 52.0 Å². The molecule has 6 rings (SSSR count). The summed E-state index contributed by atoms with van der Waals surface area (Å²) >= 11 is 0. The fourth-order valence-electron chi connectivity index (χ4n) is 5.76. The van der Waals surface area contributed by atoms with Crippen LogP contribution >= 0.6 is 0 Å². The van der Waals surface area contributed by atoms with Gasteiger partial charge in [-0.25, -0.2) is 26.7 Å². The molecule has 2 aliphatic rings. The molecule has 0 bridgehead atoms. The Kier molecular flexibility index (Phi) is 10.9. The number of sulfonamides is 1. The second-order valence-corrected chi connectivity index (χ2v) is 14.5. The normalized spacial score (nSPS) is 15.4. The standard InChI is InChI=1S/C36H37F2N5O8S/c1-42-15-12-32(44)43(42)27-8-2-22(3-9-27)18-31(36(47)51-21-23-13-16-50-17-14-23)40-35(46)33-29(37)19-26(20-30(33)38)41-52(48,49)28-10-4-24(5-11-28)34(45)39-25-6-7-25/h2-5,8-12,15,19-20,23,25,31,41H,6-7,13-14,16-18,21H2,1H3,(H,39,45)(H,40,46)/t31-/m0/s1. The molecule has 0 spiro atoms. The van der Waals surface area contributed by atoms with Crippen molar-refractivity contribution in [2.45, 2.75) is 49.1 Å². The highest BCUT2D eigenvalue weighted by atomic mass is 32.2. The van der Waals surface area contributed by atoms with Gasteiger partial charge in [0.15, 0.2) is 0 Å². The van der Waals surface area contributed by atoms with Crippen LogP contribution in [-0.2, 0) is 37.8 Å². The number of halogens is 2. The number of carbonyl (C=O) groups is 3. The van der Waals surface area contributed by atoms with Crippen molar-refractivity contribution < 1.29 is 41.1 Å². The average molecular weight is 738 g/mol. The maximum Gasteiger partial charge on any atom is 0.329 e. The summed E-state index contributed by atoms with van der Waals surface area (Å²) in [6.45, 7) is 1.11. The molecule has 3 aromatic carbocycles. The quantitative estimate of drug-likeness (QED) is 0.176. The van der Waals surface area contributed by atoms with Gasteiger partial charge in [0, 0.05) is 50.6 Å². The Labute approximate surface area is 297 Å². The minimum atomic E-state index is -4.34. The van der Waals surface area contributed by atoms with E-state index in [1.54, 1.807) is 42.2 Å². The molecule has 274 valence electrons. The Hall–Kier alpha value is -5.35. The molecule has 1 saturated carbocycles. The van der Waals surface area contributed by atoms with E-state index in [-0.39, 0.29) is 46.9 Å². The zero-order chi connectivity index (χ0) is 37.0. The van der Waals surface area contributed by atoms with Crippen LogP contribution in [0, 0.1) is 17.6 Å². The van der Waals surface area contributed by atoms with Gasteiger partial charge in [-0.05, 0) is 85.7 Å². The fraction of sp³-hybridized carbons (Fsp3) is 0.333. The molecule has 0 radical (unpaired) electrons. The Bertz CT molecular complexity index is 2100. The predicted octanol–water partition coefficient (Wildman–Crippen LogP) is 3.46. The number of aryl methyl sites for hydroxylation is 1. The molecule has 3 N–H and O–H groups in total. The van der Waals surface area contributed by atoms with Gasteiger partial charge in [-0.3, -0.25) is 23.8 Å². The molecule has 2 heterocycles. The van der Waals surface area contributed by atoms with Gasteiger partial charge in [-0.1, -0.05) is 12.1 Å². The molecule has 1 atom stereocenters. The van der Waals surface area contributed by atoms with Crippen LogP contribution in [0.15, 0.2) is 82.6 Å². The lowest BCUT2D eigenvalue weighted by Crippen LogP contribution is -2.44. The molecule has 1 aliphatic carbocycles. The third kappa shape index (κ3) is 8.74. The molecule has 2 fully saturated rings. The first-order valence-corrected chi connectivity index (χ1v) is 18.2. The summed E-state index contributed by atoms with van der Waals surface area (Å²) in [5.74, 6) is -5.13. The first-order valence-electron chi connectivity index (χ1n) is 16.7. The SMILES string of the molecule is Cn1ccc(=O)n1-c1ccc(C[C@H](NC(=O)c2c(F)cc(NS(=O)(=O)c3ccc(C(=O)NC4CC4)cc3)cc2F)C(=O)OCC2CCOCC2)cc1. The molecular weight excluding hydrogens is 700 g/mol. The zero-order valence-corrected chi connectivity index (χ0v) is 29.0. The number of hydrogen-bond acceptors (Lipinski definition) is 8. The molecular formula is C36H37F2N5O8S. The summed E-state index contributed by atoms with van der Waals surface area (Å²) in [6.07, 6.45) is 4.62. The first-order chi connectivity index (χ1) is 24.9. The van der Waals surface area contributed by atoms with E-state index in [2.05, 4.69) is 15.4 Å². The van der Waals surface area contributed by atoms with Crippen molar-refractivity contribution in [3.8, 4) is 5.69 Å². The van der Waals surface area contributed by atoms with E-state index in [9.17, 15) is 27.6 Å². The largest absolute Gasteiger partial charge is 0.464 e. The van der Waals surface area contributed by atoms with E-state index < -0.39 is 50.8 Å². The lowest BCUT2D eigenvalue weighted by molar-refractivity contribution is -0.148. The summed E-state index contributed by atoms with van der Waals surface area (Å²) in [4.78, 5) is 50.9. The van der Waals surface area contributed by atoms with E-state index >= 15 is 8.78 Å². The summed E-state index contributed by atoms with van der Waals surface area (Å²) in [5, 5.41) is 5.18. The lowest BCUT2D eigenvalue weighted by Gasteiger charge is -2.24. The predicted molar refractivity (Wildman–Crippen MR) is 185 cm³/mol. The van der Waals surface area contributed by atoms with Gasteiger partial charge in [0.05, 0.1) is 22.9 Å². The van der Waals surface area contributed by atoms with Crippen LogP contribution in [0.3, 0.4) is 0 Å². The van der Waals surface area contributed by atoms with Gasteiger partial charge in [0.2, 0.25) is 0 Å². The molecule has 1 aliphatic heterocycles. The molecule has 16 heteroatoms. The number of esters is 1. The van der Waals surface area contributed by atoms with Gasteiger partial charge in [-0.2, -0.15) is 0 Å². The molecule has 2 amide bonds. The highest BCUT2D eigenvalue weighted by Crippen LogP contribution is 2.24. The number of aromatic nitrogens is 2. The van der Waals surface area contributed by atoms with Crippen LogP contribution in [0.2, 0.25) is 0 Å². The van der Waals surface area contributed by atoms with E-state index in [0.717, 1.165) is 12.8 Å². The monoisotopic (exact) mass is 737 g/mol. The van der Waals surface area contributed by atoms with Gasteiger partial charge in [0.25, 0.3) is 27.4 Å². The van der Waals surface area contributed by atoms with Crippen LogP contribution in [0.5, 0.6) is 0 Å². The average Bonchev–Trinajstić information content (AvgIpc) is 3.87. The number of anilines is 1. The Morgan fingerprint density at radius 3 is 2.17 bits per heavy atom. The second-order valence-electron chi connectivity index (χ2n) is 12.8. The van der Waals surface area contributed by atoms with Crippen LogP contribution in [-0.4, -0.2) is 67.5 Å². The van der Waals surface area contributed by atoms with Gasteiger partial charge in [0.1, 0.15) is 23.2 Å². The Morgan fingerprint density at radius 2 is 1.58 bits per heavy atom. The van der Waals surface area contributed by atoms with Crippen molar-refractivity contribution in [2.75, 3.05) is 24.5 Å². The number of carbonyl (C=O) groups excluding carboxylic acids is 3. The molecule has 13 nitrogen and oxygen atoms in total. The summed E-state index contributed by atoms with van der Waals surface area (Å²) in [7, 11) is -2.64. The van der Waals surface area contributed by atoms with E-state index in [1.807, 2.05) is 0 Å². The smallest absolute Gasteiger partial charge is 0.329 e. The third-order valence-electron chi connectivity index (χ3n) is 8.83. The maximum absolute atomic E-state index is 15.4. The first kappa shape index (κ1) is 36.4. The zero-order valence-electron chi connectivity index (χ0n) is 28.1. The Morgan fingerprint density at radius 1 is 0.923 bits per heavy atom. The molecule has 52 heavy (non-hydrogen) atoms. The molecule has 1 aromatic heterocycles. The van der Waals surface area contributed by atoms with Crippen LogP contribution in [0.25, 0.3) is 5.69 Å². The van der Waals surface area contributed by atoms with Gasteiger partial charge in [-0.15, -0.1) is 0 Å². The van der Waals surface area contributed by atoms with E-state index in [4.69, 9.17) is 9.47 Å². The third-order valence-corrected chi connectivity index (χ3v) is 10.2. The van der Waals surface area contributed by atoms with E-state index in [0.29, 0.717) is 49.4 Å². The van der Waals surface area contributed by atoms with Crippen molar-refractivity contribution in [1.82, 2.24) is 20.0 Å². The van der Waals surface area contributed by atoms with Crippen molar-refractivity contribution in [3.63, 3.8) is 0 Å².